The van der Waals surface area contributed by atoms with Gasteiger partial charge in [0.15, 0.2) is 0 Å². The maximum Gasteiger partial charge on any atom is 0.433 e. The van der Waals surface area contributed by atoms with Crippen LogP contribution in [0.15, 0.2) is 30.5 Å². The quantitative estimate of drug-likeness (QED) is 0.393. The van der Waals surface area contributed by atoms with E-state index in [0.29, 0.717) is 12.8 Å². The number of nitrogens with zero attached hydrogens (tertiary/aromatic N) is 3. The second kappa shape index (κ2) is 8.82. The number of benzene rings is 1. The van der Waals surface area contributed by atoms with Gasteiger partial charge >= 0.3 is 18.4 Å². The molecule has 0 saturated carbocycles. The molecule has 0 spiro atoms. The van der Waals surface area contributed by atoms with E-state index in [9.17, 15) is 36.2 Å². The number of carbonyl (C=O) groups excluding carboxylic acids is 1. The first-order valence-electron chi connectivity index (χ1n) is 11.3. The maximum absolute atomic E-state index is 13.4. The molecule has 196 valence electrons. The molecule has 1 fully saturated rings. The second-order valence-corrected chi connectivity index (χ2v) is 9.89. The lowest BCUT2D eigenvalue weighted by atomic mass is 10.1. The molecule has 6 nitrogen and oxygen atoms in total. The molecule has 2 atom stereocenters. The van der Waals surface area contributed by atoms with Gasteiger partial charge in [0.1, 0.15) is 11.3 Å². The Hall–Kier alpha value is -3.02. The molecule has 0 bridgehead atoms. The molecule has 3 heterocycles. The summed E-state index contributed by atoms with van der Waals surface area (Å²) in [7, 11) is 0. The molecule has 0 unspecified atom stereocenters. The lowest BCUT2D eigenvalue weighted by molar-refractivity contribution is -0.141. The van der Waals surface area contributed by atoms with Gasteiger partial charge < -0.3 is 19.3 Å². The molecule has 1 saturated heterocycles. The number of rotatable bonds is 1. The summed E-state index contributed by atoms with van der Waals surface area (Å²) in [5.41, 5.74) is -2.60. The van der Waals surface area contributed by atoms with Crippen molar-refractivity contribution in [1.29, 1.82) is 0 Å². The number of amides is 1. The number of alkyl halides is 6. The first-order valence-corrected chi connectivity index (χ1v) is 11.3. The molecular weight excluding hydrogens is 492 g/mol. The molecule has 4 rings (SSSR count). The Morgan fingerprint density at radius 1 is 1.03 bits per heavy atom. The largest absolute Gasteiger partial charge is 0.444 e. The van der Waals surface area contributed by atoms with Crippen LogP contribution in [0.5, 0.6) is 0 Å². The van der Waals surface area contributed by atoms with Crippen LogP contribution in [0.1, 0.15) is 50.9 Å². The van der Waals surface area contributed by atoms with E-state index in [1.165, 1.54) is 15.5 Å². The third kappa shape index (κ3) is 5.09. The minimum Gasteiger partial charge on any atom is -0.444 e. The number of hydrogen-bond donors (Lipinski definition) is 1. The molecule has 0 radical (unpaired) electrons. The predicted octanol–water partition coefficient (Wildman–Crippen LogP) is 6.16. The van der Waals surface area contributed by atoms with Crippen molar-refractivity contribution in [3.8, 4) is 0 Å². The van der Waals surface area contributed by atoms with Crippen LogP contribution in [0.3, 0.4) is 0 Å². The number of aromatic nitrogens is 2. The van der Waals surface area contributed by atoms with Gasteiger partial charge in [-0.1, -0.05) is 0 Å². The monoisotopic (exact) mass is 517 g/mol. The highest BCUT2D eigenvalue weighted by molar-refractivity contribution is 6.08. The third-order valence-electron chi connectivity index (χ3n) is 6.07. The molecule has 1 aromatic carbocycles. The van der Waals surface area contributed by atoms with E-state index >= 15 is 0 Å². The van der Waals surface area contributed by atoms with E-state index in [-0.39, 0.29) is 34.9 Å². The van der Waals surface area contributed by atoms with Crippen molar-refractivity contribution in [3.63, 3.8) is 0 Å². The summed E-state index contributed by atoms with van der Waals surface area (Å²) >= 11 is 0. The Morgan fingerprint density at radius 2 is 1.69 bits per heavy atom. The van der Waals surface area contributed by atoms with Gasteiger partial charge in [-0.25, -0.2) is 9.78 Å². The minimum atomic E-state index is -4.79. The predicted molar refractivity (Wildman–Crippen MR) is 119 cm³/mol. The van der Waals surface area contributed by atoms with E-state index in [4.69, 9.17) is 4.74 Å². The summed E-state index contributed by atoms with van der Waals surface area (Å²) in [5.74, 6) is 0. The minimum absolute atomic E-state index is 0.0341. The van der Waals surface area contributed by atoms with Crippen LogP contribution < -0.4 is 0 Å². The van der Waals surface area contributed by atoms with Crippen molar-refractivity contribution in [1.82, 2.24) is 14.5 Å². The number of halogens is 6. The van der Waals surface area contributed by atoms with Crippen LogP contribution >= 0.6 is 0 Å². The molecule has 1 aliphatic rings. The Kier molecular flexibility index (Phi) is 6.39. The Balaban J connectivity index is 1.83. The fraction of sp³-hybridized carbons (Fsp3) is 0.500. The van der Waals surface area contributed by atoms with Crippen molar-refractivity contribution < 1.29 is 41.0 Å². The standard InChI is InChI=1S/C24H25F6N3O3/c1-22(2,3)36-21(35)32-8-4-5-17(19(34)12-32)33-16-7-6-13(23(25,26)27)9-14(16)15-10-20(24(28,29)30)31-11-18(15)33/h6-7,9-11,17,19,34H,4-5,8,12H2,1-3H3/t17-,19-/m1/s1. The molecule has 12 heteroatoms. The Morgan fingerprint density at radius 3 is 2.31 bits per heavy atom. The zero-order valence-electron chi connectivity index (χ0n) is 19.7. The second-order valence-electron chi connectivity index (χ2n) is 9.89. The Labute approximate surface area is 202 Å². The average molecular weight is 517 g/mol. The van der Waals surface area contributed by atoms with Gasteiger partial charge in [-0.15, -0.1) is 0 Å². The Bertz CT molecular complexity index is 1220. The number of carbonyl (C=O) groups is 1. The third-order valence-corrected chi connectivity index (χ3v) is 6.07. The van der Waals surface area contributed by atoms with Crippen LogP contribution in [0.4, 0.5) is 31.1 Å². The lowest BCUT2D eigenvalue weighted by Gasteiger charge is -2.29. The van der Waals surface area contributed by atoms with Gasteiger partial charge in [0.05, 0.1) is 36.0 Å². The number of pyridine rings is 1. The van der Waals surface area contributed by atoms with Gasteiger partial charge in [0.2, 0.25) is 0 Å². The first kappa shape index (κ1) is 26.1. The van der Waals surface area contributed by atoms with E-state index in [1.807, 2.05) is 0 Å². The fourth-order valence-corrected chi connectivity index (χ4v) is 4.55. The van der Waals surface area contributed by atoms with Crippen molar-refractivity contribution >= 4 is 27.9 Å². The summed E-state index contributed by atoms with van der Waals surface area (Å²) < 4.78 is 87.2. The van der Waals surface area contributed by atoms with Gasteiger partial charge in [-0.05, 0) is 57.9 Å². The van der Waals surface area contributed by atoms with Crippen molar-refractivity contribution in [2.24, 2.45) is 0 Å². The maximum atomic E-state index is 13.4. The zero-order chi connectivity index (χ0) is 26.6. The van der Waals surface area contributed by atoms with Crippen LogP contribution in [0, 0.1) is 0 Å². The molecule has 1 N–H and O–H groups in total. The number of ether oxygens (including phenoxy) is 1. The van der Waals surface area contributed by atoms with Crippen LogP contribution in [-0.2, 0) is 17.1 Å². The van der Waals surface area contributed by atoms with Crippen molar-refractivity contribution in [2.75, 3.05) is 13.1 Å². The summed E-state index contributed by atoms with van der Waals surface area (Å²) in [6.07, 6.45) is -9.55. The summed E-state index contributed by atoms with van der Waals surface area (Å²) in [5, 5.41) is 11.0. The van der Waals surface area contributed by atoms with Crippen molar-refractivity contribution in [2.45, 2.75) is 63.7 Å². The molecule has 0 aliphatic carbocycles. The summed E-state index contributed by atoms with van der Waals surface area (Å²) in [6, 6.07) is 2.85. The molecule has 1 amide bonds. The van der Waals surface area contributed by atoms with Crippen LogP contribution in [0.2, 0.25) is 0 Å². The highest BCUT2D eigenvalue weighted by atomic mass is 19.4. The van der Waals surface area contributed by atoms with Crippen molar-refractivity contribution in [3.05, 3.63) is 41.7 Å². The molecule has 36 heavy (non-hydrogen) atoms. The number of β-amino-alcohol motifs (C(OH)–C–C–N with tert-alkyl or cyclic N) is 1. The zero-order valence-corrected chi connectivity index (χ0v) is 19.7. The van der Waals surface area contributed by atoms with E-state index < -0.39 is 47.5 Å². The SMILES string of the molecule is CC(C)(C)OC(=O)N1CCC[C@@H](n2c3ccc(C(F)(F)F)cc3c3cc(C(F)(F)F)ncc32)[C@H](O)C1. The number of likely N-dealkylation sites (tertiary alicyclic amines) is 1. The van der Waals surface area contributed by atoms with Gasteiger partial charge in [-0.2, -0.15) is 26.3 Å². The molecular formula is C24H25F6N3O3. The van der Waals surface area contributed by atoms with E-state index in [1.54, 1.807) is 20.8 Å². The highest BCUT2D eigenvalue weighted by Gasteiger charge is 2.37. The molecule has 3 aromatic rings. The van der Waals surface area contributed by atoms with Gasteiger partial charge in [0, 0.05) is 22.8 Å². The average Bonchev–Trinajstić information content (AvgIpc) is 2.93. The number of aliphatic hydroxyl groups excluding tert-OH is 1. The number of aliphatic hydroxyl groups is 1. The topological polar surface area (TPSA) is 67.6 Å². The van der Waals surface area contributed by atoms with Crippen LogP contribution in [-0.4, -0.2) is 50.4 Å². The first-order chi connectivity index (χ1) is 16.6. The summed E-state index contributed by atoms with van der Waals surface area (Å²) in [4.78, 5) is 17.4. The summed E-state index contributed by atoms with van der Waals surface area (Å²) in [6.45, 7) is 5.27. The lowest BCUT2D eigenvalue weighted by Crippen LogP contribution is -2.41. The highest BCUT2D eigenvalue weighted by Crippen LogP contribution is 2.40. The number of fused-ring (bicyclic) bond motifs is 3. The van der Waals surface area contributed by atoms with Gasteiger partial charge in [0.25, 0.3) is 0 Å². The molecule has 1 aliphatic heterocycles. The fourth-order valence-electron chi connectivity index (χ4n) is 4.55. The van der Waals surface area contributed by atoms with E-state index in [0.717, 1.165) is 24.4 Å². The number of hydrogen-bond acceptors (Lipinski definition) is 4. The normalized spacial score (nSPS) is 20.1. The van der Waals surface area contributed by atoms with Gasteiger partial charge in [-0.3, -0.25) is 0 Å². The van der Waals surface area contributed by atoms with E-state index in [2.05, 4.69) is 4.98 Å². The van der Waals surface area contributed by atoms with Crippen LogP contribution in [0.25, 0.3) is 21.8 Å². The molecule has 2 aromatic heterocycles. The smallest absolute Gasteiger partial charge is 0.433 e.